The van der Waals surface area contributed by atoms with Crippen molar-refractivity contribution in [3.05, 3.63) is 22.8 Å². The predicted molar refractivity (Wildman–Crippen MR) is 84.1 cm³/mol. The Morgan fingerprint density at radius 3 is 2.86 bits per heavy atom. The Morgan fingerprint density at radius 2 is 2.23 bits per heavy atom. The fraction of sp³-hybridized carbons (Fsp3) is 0.625. The molecule has 2 fully saturated rings. The molecule has 0 amide bonds. The molecule has 0 bridgehead atoms. The molecular weight excluding hydrogens is 302 g/mol. The van der Waals surface area contributed by atoms with Gasteiger partial charge in [-0.05, 0) is 25.3 Å². The second-order valence-corrected chi connectivity index (χ2v) is 6.30. The van der Waals surface area contributed by atoms with E-state index in [1.165, 1.54) is 0 Å². The number of hydrogen-bond acceptors (Lipinski definition) is 5. The van der Waals surface area contributed by atoms with E-state index in [4.69, 9.17) is 26.3 Å². The summed E-state index contributed by atoms with van der Waals surface area (Å²) >= 11 is 6.22. The van der Waals surface area contributed by atoms with Crippen molar-refractivity contribution in [2.75, 3.05) is 37.8 Å². The first-order valence-electron chi connectivity index (χ1n) is 7.76. The quantitative estimate of drug-likeness (QED) is 0.853. The lowest BCUT2D eigenvalue weighted by Crippen LogP contribution is -2.38. The summed E-state index contributed by atoms with van der Waals surface area (Å²) in [7, 11) is 0. The second-order valence-electron chi connectivity index (χ2n) is 5.89. The molecule has 0 aromatic carbocycles. The van der Waals surface area contributed by atoms with Crippen molar-refractivity contribution in [1.29, 1.82) is 5.26 Å². The van der Waals surface area contributed by atoms with Crippen molar-refractivity contribution in [1.82, 2.24) is 4.98 Å². The van der Waals surface area contributed by atoms with Crippen molar-refractivity contribution < 1.29 is 9.47 Å². The zero-order valence-corrected chi connectivity index (χ0v) is 13.3. The molecule has 0 spiro atoms. The SMILES string of the molecule is N#Cc1cnc(N2CCC(OCC3CCOC3)CC2)c(Cl)c1. The van der Waals surface area contributed by atoms with Crippen molar-refractivity contribution >= 4 is 17.4 Å². The minimum Gasteiger partial charge on any atom is -0.381 e. The van der Waals surface area contributed by atoms with Gasteiger partial charge >= 0.3 is 0 Å². The van der Waals surface area contributed by atoms with Crippen molar-refractivity contribution in [3.63, 3.8) is 0 Å². The number of halogens is 1. The highest BCUT2D eigenvalue weighted by Crippen LogP contribution is 2.27. The van der Waals surface area contributed by atoms with Crippen LogP contribution in [0.5, 0.6) is 0 Å². The fourth-order valence-electron chi connectivity index (χ4n) is 2.95. The maximum Gasteiger partial charge on any atom is 0.147 e. The summed E-state index contributed by atoms with van der Waals surface area (Å²) in [6.45, 7) is 4.27. The van der Waals surface area contributed by atoms with E-state index in [-0.39, 0.29) is 0 Å². The number of nitrogens with zero attached hydrogens (tertiary/aromatic N) is 3. The summed E-state index contributed by atoms with van der Waals surface area (Å²) in [4.78, 5) is 6.49. The lowest BCUT2D eigenvalue weighted by molar-refractivity contribution is 0.0131. The Balaban J connectivity index is 1.50. The molecule has 0 radical (unpaired) electrons. The molecule has 2 aliphatic heterocycles. The van der Waals surface area contributed by atoms with Gasteiger partial charge in [0.2, 0.25) is 0 Å². The lowest BCUT2D eigenvalue weighted by atomic mass is 10.1. The fourth-order valence-corrected chi connectivity index (χ4v) is 3.23. The van der Waals surface area contributed by atoms with E-state index < -0.39 is 0 Å². The third kappa shape index (κ3) is 3.70. The van der Waals surface area contributed by atoms with Gasteiger partial charge in [0.1, 0.15) is 11.9 Å². The van der Waals surface area contributed by atoms with Crippen LogP contribution in [-0.2, 0) is 9.47 Å². The highest BCUT2D eigenvalue weighted by molar-refractivity contribution is 6.33. The Kier molecular flexibility index (Phi) is 5.14. The molecule has 118 valence electrons. The Hall–Kier alpha value is -1.35. The number of anilines is 1. The molecule has 0 aliphatic carbocycles. The van der Waals surface area contributed by atoms with Crippen molar-refractivity contribution in [2.24, 2.45) is 5.92 Å². The van der Waals surface area contributed by atoms with Gasteiger partial charge in [-0.15, -0.1) is 0 Å². The van der Waals surface area contributed by atoms with E-state index in [9.17, 15) is 0 Å². The molecule has 1 aromatic heterocycles. The van der Waals surface area contributed by atoms with Gasteiger partial charge in [-0.25, -0.2) is 4.98 Å². The first kappa shape index (κ1) is 15.5. The van der Waals surface area contributed by atoms with Gasteiger partial charge in [-0.2, -0.15) is 5.26 Å². The van der Waals surface area contributed by atoms with Crippen LogP contribution in [0.15, 0.2) is 12.3 Å². The van der Waals surface area contributed by atoms with E-state index in [1.807, 2.05) is 0 Å². The average Bonchev–Trinajstić information content (AvgIpc) is 3.07. The smallest absolute Gasteiger partial charge is 0.147 e. The van der Waals surface area contributed by atoms with Crippen LogP contribution < -0.4 is 4.90 Å². The van der Waals surface area contributed by atoms with E-state index >= 15 is 0 Å². The molecule has 1 aromatic rings. The summed E-state index contributed by atoms with van der Waals surface area (Å²) in [5, 5.41) is 9.40. The van der Waals surface area contributed by atoms with Crippen LogP contribution in [0.1, 0.15) is 24.8 Å². The summed E-state index contributed by atoms with van der Waals surface area (Å²) in [6, 6.07) is 3.73. The second kappa shape index (κ2) is 7.28. The molecule has 3 heterocycles. The van der Waals surface area contributed by atoms with Gasteiger partial charge in [-0.1, -0.05) is 11.6 Å². The number of rotatable bonds is 4. The van der Waals surface area contributed by atoms with Gasteiger partial charge in [0.15, 0.2) is 0 Å². The summed E-state index contributed by atoms with van der Waals surface area (Å²) in [6.07, 6.45) is 4.96. The zero-order valence-electron chi connectivity index (χ0n) is 12.5. The van der Waals surface area contributed by atoms with Gasteiger partial charge < -0.3 is 14.4 Å². The molecule has 2 saturated heterocycles. The number of ether oxygens (including phenoxy) is 2. The highest BCUT2D eigenvalue weighted by Gasteiger charge is 2.24. The number of hydrogen-bond donors (Lipinski definition) is 0. The maximum atomic E-state index is 8.86. The molecule has 0 saturated carbocycles. The molecule has 3 rings (SSSR count). The van der Waals surface area contributed by atoms with E-state index in [2.05, 4.69) is 16.0 Å². The minimum absolute atomic E-state index is 0.314. The van der Waals surface area contributed by atoms with Gasteiger partial charge in [0, 0.05) is 31.8 Å². The maximum absolute atomic E-state index is 8.86. The van der Waals surface area contributed by atoms with E-state index in [0.717, 1.165) is 58.0 Å². The molecular formula is C16H20ClN3O2. The van der Waals surface area contributed by atoms with Crippen LogP contribution in [0.25, 0.3) is 0 Å². The monoisotopic (exact) mass is 321 g/mol. The van der Waals surface area contributed by atoms with Gasteiger partial charge in [-0.3, -0.25) is 0 Å². The number of aromatic nitrogens is 1. The molecule has 0 N–H and O–H groups in total. The predicted octanol–water partition coefficient (Wildman–Crippen LogP) is 2.63. The lowest BCUT2D eigenvalue weighted by Gasteiger charge is -2.33. The van der Waals surface area contributed by atoms with Crippen LogP contribution in [-0.4, -0.2) is 44.0 Å². The number of nitriles is 1. The molecule has 2 aliphatic rings. The summed E-state index contributed by atoms with van der Waals surface area (Å²) < 4.78 is 11.4. The molecule has 1 unspecified atom stereocenters. The first-order chi connectivity index (χ1) is 10.8. The van der Waals surface area contributed by atoms with E-state index in [0.29, 0.717) is 22.6 Å². The topological polar surface area (TPSA) is 58.4 Å². The molecule has 5 nitrogen and oxygen atoms in total. The van der Waals surface area contributed by atoms with Crippen LogP contribution in [0.2, 0.25) is 5.02 Å². The zero-order chi connectivity index (χ0) is 15.4. The van der Waals surface area contributed by atoms with Crippen LogP contribution in [0, 0.1) is 17.2 Å². The Bertz CT molecular complexity index is 547. The normalized spacial score (nSPS) is 22.7. The van der Waals surface area contributed by atoms with Crippen LogP contribution in [0.3, 0.4) is 0 Å². The van der Waals surface area contributed by atoms with Crippen LogP contribution in [0.4, 0.5) is 5.82 Å². The Morgan fingerprint density at radius 1 is 1.41 bits per heavy atom. The Labute approximate surface area is 135 Å². The largest absolute Gasteiger partial charge is 0.381 e. The standard InChI is InChI=1S/C16H20ClN3O2/c17-15-7-13(8-18)9-19-16(15)20-4-1-14(2-5-20)22-11-12-3-6-21-10-12/h7,9,12,14H,1-6,10-11H2. The minimum atomic E-state index is 0.314. The third-order valence-corrected chi connectivity index (χ3v) is 4.56. The van der Waals surface area contributed by atoms with E-state index in [1.54, 1.807) is 12.3 Å². The summed E-state index contributed by atoms with van der Waals surface area (Å²) in [5.41, 5.74) is 0.491. The first-order valence-corrected chi connectivity index (χ1v) is 8.14. The number of pyridine rings is 1. The molecule has 6 heteroatoms. The highest BCUT2D eigenvalue weighted by atomic mass is 35.5. The van der Waals surface area contributed by atoms with Crippen molar-refractivity contribution in [3.8, 4) is 6.07 Å². The number of piperidine rings is 1. The third-order valence-electron chi connectivity index (χ3n) is 4.28. The van der Waals surface area contributed by atoms with Gasteiger partial charge in [0.05, 0.1) is 29.9 Å². The van der Waals surface area contributed by atoms with Gasteiger partial charge in [0.25, 0.3) is 0 Å². The molecule has 22 heavy (non-hydrogen) atoms. The van der Waals surface area contributed by atoms with Crippen LogP contribution >= 0.6 is 11.6 Å². The average molecular weight is 322 g/mol. The van der Waals surface area contributed by atoms with Crippen molar-refractivity contribution in [2.45, 2.75) is 25.4 Å². The molecule has 1 atom stereocenters. The summed E-state index contributed by atoms with van der Waals surface area (Å²) in [5.74, 6) is 1.33.